The van der Waals surface area contributed by atoms with Crippen molar-refractivity contribution < 1.29 is 48.1 Å². The third-order valence-electron chi connectivity index (χ3n) is 1.85. The minimum atomic E-state index is -4.61. The van der Waals surface area contributed by atoms with Gasteiger partial charge in [-0.05, 0) is 13.8 Å². The molecule has 15 heavy (non-hydrogen) atoms. The molecule has 7 heteroatoms. The average Bonchev–Trinajstić information content (AvgIpc) is 2.01. The van der Waals surface area contributed by atoms with E-state index in [0.717, 1.165) is 0 Å². The molecule has 1 rings (SSSR count). The van der Waals surface area contributed by atoms with Gasteiger partial charge in [-0.1, -0.05) is 18.2 Å². The van der Waals surface area contributed by atoms with Crippen molar-refractivity contribution in [1.29, 1.82) is 0 Å². The Bertz CT molecular complexity index is 470. The average molecular weight is 238 g/mol. The van der Waals surface area contributed by atoms with Crippen molar-refractivity contribution >= 4 is 16.0 Å². The zero-order valence-corrected chi connectivity index (χ0v) is 11.6. The molecule has 0 saturated carbocycles. The first kappa shape index (κ1) is 14.7. The molecule has 0 radical (unpaired) electrons. The molecule has 0 heterocycles. The van der Waals surface area contributed by atoms with E-state index in [2.05, 4.69) is 0 Å². The molecule has 5 nitrogen and oxygen atoms in total. The zero-order valence-electron chi connectivity index (χ0n) is 9.80. The van der Waals surface area contributed by atoms with Gasteiger partial charge in [-0.2, -0.15) is 0 Å². The molecule has 0 amide bonds. The van der Waals surface area contributed by atoms with E-state index in [1.54, 1.807) is 32.0 Å². The maximum atomic E-state index is 10.7. The second-order valence-corrected chi connectivity index (χ2v) is 4.20. The summed E-state index contributed by atoms with van der Waals surface area (Å²) in [6.45, 7) is 3.27. The Morgan fingerprint density at radius 1 is 1.33 bits per heavy atom. The van der Waals surface area contributed by atoms with Gasteiger partial charge in [-0.15, -0.1) is 12.5 Å². The molecule has 1 aromatic rings. The minimum Gasteiger partial charge on any atom is -1.00 e. The summed E-state index contributed by atoms with van der Waals surface area (Å²) in [4.78, 5) is 0. The van der Waals surface area contributed by atoms with Crippen LogP contribution in [0.3, 0.4) is 0 Å². The van der Waals surface area contributed by atoms with E-state index in [1.807, 2.05) is 0 Å². The first-order valence-corrected chi connectivity index (χ1v) is 5.26. The number of hydrogen-bond donors (Lipinski definition) is 1. The Morgan fingerprint density at radius 3 is 2.07 bits per heavy atom. The van der Waals surface area contributed by atoms with Crippen molar-refractivity contribution in [1.82, 2.24) is 0 Å². The van der Waals surface area contributed by atoms with Gasteiger partial charge in [0.2, 0.25) is 5.69 Å². The Balaban J connectivity index is 0. The topological polar surface area (TPSA) is 79.7 Å². The summed E-state index contributed by atoms with van der Waals surface area (Å²) in [5.41, 5.74) is 10.4. The molecule has 0 spiro atoms. The van der Waals surface area contributed by atoms with Crippen LogP contribution in [0.5, 0.6) is 0 Å². The van der Waals surface area contributed by atoms with Gasteiger partial charge < -0.3 is 6.96 Å². The van der Waals surface area contributed by atoms with E-state index in [1.165, 1.54) is 0 Å². The predicted molar refractivity (Wildman–Crippen MR) is 51.9 cm³/mol. The SMILES string of the molecule is Cc1cccc(C)c1[N+](=[N-])S(=O)(=O)O.[H-].[Na+]. The summed E-state index contributed by atoms with van der Waals surface area (Å²) in [7, 11) is -4.61. The van der Waals surface area contributed by atoms with Crippen molar-refractivity contribution in [2.75, 3.05) is 0 Å². The number of nitrogens with zero attached hydrogens (tertiary/aromatic N) is 2. The van der Waals surface area contributed by atoms with Gasteiger partial charge in [-0.3, -0.25) is 0 Å². The van der Waals surface area contributed by atoms with Crippen LogP contribution in [0.25, 0.3) is 5.53 Å². The molecular formula is C8H11N2NaO3S. The van der Waals surface area contributed by atoms with Crippen LogP contribution >= 0.6 is 0 Å². The van der Waals surface area contributed by atoms with Crippen LogP contribution in [0, 0.1) is 13.8 Å². The van der Waals surface area contributed by atoms with E-state index in [-0.39, 0.29) is 40.8 Å². The van der Waals surface area contributed by atoms with Crippen molar-refractivity contribution in [3.05, 3.63) is 34.9 Å². The van der Waals surface area contributed by atoms with Gasteiger partial charge in [0, 0.05) is 11.1 Å². The molecule has 0 aromatic heterocycles. The quantitative estimate of drug-likeness (QED) is 0.307. The van der Waals surface area contributed by atoms with Crippen molar-refractivity contribution in [2.45, 2.75) is 13.8 Å². The second-order valence-electron chi connectivity index (χ2n) is 2.96. The van der Waals surface area contributed by atoms with Crippen LogP contribution in [-0.2, 0) is 10.3 Å². The Morgan fingerprint density at radius 2 is 1.73 bits per heavy atom. The molecule has 0 bridgehead atoms. The summed E-state index contributed by atoms with van der Waals surface area (Å²) in [6.07, 6.45) is 0. The van der Waals surface area contributed by atoms with Gasteiger partial charge in [-0.25, -0.2) is 4.55 Å². The Labute approximate surface area is 112 Å². The van der Waals surface area contributed by atoms with Crippen LogP contribution in [0.15, 0.2) is 18.2 Å². The van der Waals surface area contributed by atoms with Crippen LogP contribution in [-0.4, -0.2) is 17.1 Å². The molecule has 0 fully saturated rings. The third kappa shape index (κ3) is 3.35. The smallest absolute Gasteiger partial charge is 1.00 e. The van der Waals surface area contributed by atoms with E-state index in [9.17, 15) is 13.9 Å². The van der Waals surface area contributed by atoms with Gasteiger partial charge in [0.1, 0.15) is 0 Å². The van der Waals surface area contributed by atoms with Crippen LogP contribution in [0.4, 0.5) is 5.69 Å². The molecule has 0 atom stereocenters. The number of hydrogen-bond acceptors (Lipinski definition) is 2. The number of para-hydroxylation sites is 1. The fourth-order valence-electron chi connectivity index (χ4n) is 1.22. The zero-order chi connectivity index (χ0) is 10.9. The summed E-state index contributed by atoms with van der Waals surface area (Å²) >= 11 is 0. The molecule has 0 unspecified atom stereocenters. The number of rotatable bonds is 2. The standard InChI is InChI=1S/C8H10N2O3S.Na.H/c1-6-4-3-5-7(2)8(6)10(9)14(11,12)13;;/h3-5H,1-2H3,(H,11,12,13);;/q;+1;-1. The van der Waals surface area contributed by atoms with Crippen molar-refractivity contribution in [3.63, 3.8) is 0 Å². The molecule has 78 valence electrons. The first-order chi connectivity index (χ1) is 6.34. The third-order valence-corrected chi connectivity index (χ3v) is 2.47. The summed E-state index contributed by atoms with van der Waals surface area (Å²) in [5, 5.41) is 0. The van der Waals surface area contributed by atoms with Crippen molar-refractivity contribution in [3.8, 4) is 0 Å². The normalized spacial score (nSPS) is 10.6. The number of aryl methyl sites for hydroxylation is 2. The van der Waals surface area contributed by atoms with Crippen molar-refractivity contribution in [2.24, 2.45) is 0 Å². The molecule has 0 aliphatic carbocycles. The number of benzene rings is 1. The molecule has 0 aliphatic rings. The van der Waals surface area contributed by atoms with Gasteiger partial charge >= 0.3 is 39.9 Å². The molecule has 1 N–H and O–H groups in total. The fourth-order valence-corrected chi connectivity index (χ4v) is 1.74. The molecule has 0 aliphatic heterocycles. The maximum Gasteiger partial charge on any atom is 1.00 e. The summed E-state index contributed by atoms with van der Waals surface area (Å²) < 4.78 is 29.8. The molecule has 0 saturated heterocycles. The summed E-state index contributed by atoms with van der Waals surface area (Å²) in [5.74, 6) is 0. The molecule has 1 aromatic carbocycles. The van der Waals surface area contributed by atoms with E-state index in [0.29, 0.717) is 11.1 Å². The van der Waals surface area contributed by atoms with E-state index in [4.69, 9.17) is 4.55 Å². The van der Waals surface area contributed by atoms with Crippen LogP contribution < -0.4 is 29.6 Å². The van der Waals surface area contributed by atoms with E-state index < -0.39 is 10.3 Å². The monoisotopic (exact) mass is 238 g/mol. The minimum absolute atomic E-state index is 0. The van der Waals surface area contributed by atoms with Gasteiger partial charge in [0.25, 0.3) is 0 Å². The largest absolute Gasteiger partial charge is 1.00 e. The van der Waals surface area contributed by atoms with E-state index >= 15 is 0 Å². The second kappa shape index (κ2) is 5.18. The molecular weight excluding hydrogens is 227 g/mol. The summed E-state index contributed by atoms with van der Waals surface area (Å²) in [6, 6.07) is 5.00. The van der Waals surface area contributed by atoms with Gasteiger partial charge in [0.15, 0.2) is 0 Å². The first-order valence-electron chi connectivity index (χ1n) is 3.87. The van der Waals surface area contributed by atoms with Gasteiger partial charge in [0.05, 0.1) is 0 Å². The fraction of sp³-hybridized carbons (Fsp3) is 0.250. The maximum absolute atomic E-state index is 10.7. The Kier molecular flexibility index (Phi) is 5.08. The Hall–Kier alpha value is -0.270. The van der Waals surface area contributed by atoms with Crippen LogP contribution in [0.1, 0.15) is 12.6 Å². The van der Waals surface area contributed by atoms with Crippen LogP contribution in [0.2, 0.25) is 0 Å². The predicted octanol–water partition coefficient (Wildman–Crippen LogP) is -1.11.